The molecule has 1 aromatic rings. The second-order valence-corrected chi connectivity index (χ2v) is 2.30. The largest absolute Gasteiger partial charge is 0.268 e. The van der Waals surface area contributed by atoms with Crippen LogP contribution < -0.4 is 0 Å². The molecule has 0 aliphatic heterocycles. The van der Waals surface area contributed by atoms with Crippen LogP contribution in [0.25, 0.3) is 6.08 Å². The lowest BCUT2D eigenvalue weighted by Gasteiger charge is -1.93. The van der Waals surface area contributed by atoms with Crippen LogP contribution in [-0.4, -0.2) is 9.78 Å². The minimum atomic E-state index is 0.978. The average molecular weight is 147 g/mol. The lowest BCUT2D eigenvalue weighted by molar-refractivity contribution is 0.759. The molecule has 1 rings (SSSR count). The summed E-state index contributed by atoms with van der Waals surface area (Å²) in [6.07, 6.45) is 4.98. The first kappa shape index (κ1) is 7.55. The van der Waals surface area contributed by atoms with E-state index in [0.717, 1.165) is 11.3 Å². The van der Waals surface area contributed by atoms with Gasteiger partial charge in [0.15, 0.2) is 0 Å². The van der Waals surface area contributed by atoms with Crippen molar-refractivity contribution >= 4 is 6.08 Å². The molecule has 1 aromatic heterocycles. The fraction of sp³-hybridized carbons (Fsp3) is 0.250. The van der Waals surface area contributed by atoms with Crippen molar-refractivity contribution in [1.82, 2.24) is 9.78 Å². The van der Waals surface area contributed by atoms with Crippen molar-refractivity contribution in [2.75, 3.05) is 0 Å². The van der Waals surface area contributed by atoms with Gasteiger partial charge in [0.25, 0.3) is 0 Å². The van der Waals surface area contributed by atoms with Gasteiger partial charge in [0.2, 0.25) is 0 Å². The lowest BCUT2D eigenvalue weighted by Crippen LogP contribution is -1.92. The Morgan fingerprint density at radius 1 is 1.73 bits per heavy atom. The number of nitrogens with zero attached hydrogens (tertiary/aromatic N) is 3. The predicted octanol–water partition coefficient (Wildman–Crippen LogP) is 1.27. The summed E-state index contributed by atoms with van der Waals surface area (Å²) in [7, 11) is 1.85. The first-order valence-corrected chi connectivity index (χ1v) is 3.30. The molecule has 0 saturated heterocycles. The maximum absolute atomic E-state index is 8.28. The third kappa shape index (κ3) is 1.47. The van der Waals surface area contributed by atoms with Gasteiger partial charge in [-0.25, -0.2) is 0 Å². The molecule has 3 nitrogen and oxygen atoms in total. The Morgan fingerprint density at radius 3 is 2.91 bits per heavy atom. The van der Waals surface area contributed by atoms with Gasteiger partial charge in [-0.05, 0) is 18.6 Å². The van der Waals surface area contributed by atoms with Crippen molar-refractivity contribution in [3.63, 3.8) is 0 Å². The van der Waals surface area contributed by atoms with E-state index >= 15 is 0 Å². The summed E-state index contributed by atoms with van der Waals surface area (Å²) in [4.78, 5) is 0. The summed E-state index contributed by atoms with van der Waals surface area (Å²) in [5.41, 5.74) is 2.06. The molecule has 0 N–H and O–H groups in total. The zero-order chi connectivity index (χ0) is 8.27. The van der Waals surface area contributed by atoms with Crippen molar-refractivity contribution in [2.45, 2.75) is 6.92 Å². The normalized spacial score (nSPS) is 10.3. The summed E-state index contributed by atoms with van der Waals surface area (Å²) in [5.74, 6) is 0. The van der Waals surface area contributed by atoms with E-state index in [4.69, 9.17) is 5.26 Å². The van der Waals surface area contributed by atoms with Crippen LogP contribution in [0.3, 0.4) is 0 Å². The SMILES string of the molecule is Cc1cnn(C)c1/C=C/C#N. The van der Waals surface area contributed by atoms with E-state index in [9.17, 15) is 0 Å². The summed E-state index contributed by atoms with van der Waals surface area (Å²) >= 11 is 0. The van der Waals surface area contributed by atoms with Crippen LogP contribution in [0.5, 0.6) is 0 Å². The van der Waals surface area contributed by atoms with Crippen LogP contribution in [0, 0.1) is 18.3 Å². The van der Waals surface area contributed by atoms with Gasteiger partial charge in [-0.1, -0.05) is 0 Å². The van der Waals surface area contributed by atoms with Gasteiger partial charge in [-0.2, -0.15) is 10.4 Å². The molecule has 0 aliphatic carbocycles. The van der Waals surface area contributed by atoms with E-state index in [-0.39, 0.29) is 0 Å². The zero-order valence-corrected chi connectivity index (χ0v) is 6.57. The maximum atomic E-state index is 8.28. The number of allylic oxidation sites excluding steroid dienone is 1. The monoisotopic (exact) mass is 147 g/mol. The molecule has 56 valence electrons. The first-order chi connectivity index (χ1) is 5.25. The highest BCUT2D eigenvalue weighted by atomic mass is 15.3. The van der Waals surface area contributed by atoms with E-state index in [0.29, 0.717) is 0 Å². The van der Waals surface area contributed by atoms with Crippen molar-refractivity contribution in [1.29, 1.82) is 5.26 Å². The predicted molar refractivity (Wildman–Crippen MR) is 42.6 cm³/mol. The highest BCUT2D eigenvalue weighted by Crippen LogP contribution is 2.06. The van der Waals surface area contributed by atoms with Crippen LogP contribution in [0.4, 0.5) is 0 Å². The van der Waals surface area contributed by atoms with Gasteiger partial charge in [0, 0.05) is 13.1 Å². The van der Waals surface area contributed by atoms with Gasteiger partial charge in [0.1, 0.15) is 0 Å². The fourth-order valence-electron chi connectivity index (χ4n) is 0.912. The Balaban J connectivity index is 3.03. The zero-order valence-electron chi connectivity index (χ0n) is 6.57. The Labute approximate surface area is 65.6 Å². The highest BCUT2D eigenvalue weighted by Gasteiger charge is 1.97. The molecule has 3 heteroatoms. The highest BCUT2D eigenvalue weighted by molar-refractivity contribution is 5.51. The molecule has 0 amide bonds. The second-order valence-electron chi connectivity index (χ2n) is 2.30. The summed E-state index contributed by atoms with van der Waals surface area (Å²) in [6.45, 7) is 1.96. The maximum Gasteiger partial charge on any atom is 0.0912 e. The number of rotatable bonds is 1. The minimum Gasteiger partial charge on any atom is -0.268 e. The lowest BCUT2D eigenvalue weighted by atomic mass is 10.2. The van der Waals surface area contributed by atoms with E-state index < -0.39 is 0 Å². The summed E-state index contributed by atoms with van der Waals surface area (Å²) in [6, 6.07) is 1.94. The molecule has 0 aromatic carbocycles. The fourth-order valence-corrected chi connectivity index (χ4v) is 0.912. The molecule has 0 radical (unpaired) electrons. The number of aromatic nitrogens is 2. The van der Waals surface area contributed by atoms with Crippen LogP contribution >= 0.6 is 0 Å². The number of hydrogen-bond donors (Lipinski definition) is 0. The van der Waals surface area contributed by atoms with Crippen LogP contribution in [0.2, 0.25) is 0 Å². The smallest absolute Gasteiger partial charge is 0.0912 e. The number of hydrogen-bond acceptors (Lipinski definition) is 2. The van der Waals surface area contributed by atoms with Crippen LogP contribution in [0.1, 0.15) is 11.3 Å². The Bertz CT molecular complexity index is 295. The molecule has 0 saturated carbocycles. The second kappa shape index (κ2) is 3.02. The Kier molecular flexibility index (Phi) is 2.07. The van der Waals surface area contributed by atoms with Gasteiger partial charge < -0.3 is 0 Å². The van der Waals surface area contributed by atoms with E-state index in [1.165, 1.54) is 6.08 Å². The minimum absolute atomic E-state index is 0.978. The van der Waals surface area contributed by atoms with Gasteiger partial charge >= 0.3 is 0 Å². The van der Waals surface area contributed by atoms with Crippen molar-refractivity contribution in [3.8, 4) is 6.07 Å². The molecule has 11 heavy (non-hydrogen) atoms. The average Bonchev–Trinajstić information content (AvgIpc) is 2.29. The number of nitriles is 1. The molecule has 1 heterocycles. The molecule has 0 atom stereocenters. The summed E-state index contributed by atoms with van der Waals surface area (Å²) < 4.78 is 1.74. The van der Waals surface area contributed by atoms with Crippen LogP contribution in [-0.2, 0) is 7.05 Å². The molecule has 0 spiro atoms. The van der Waals surface area contributed by atoms with E-state index in [2.05, 4.69) is 5.10 Å². The quantitative estimate of drug-likeness (QED) is 0.561. The van der Waals surface area contributed by atoms with Crippen LogP contribution in [0.15, 0.2) is 12.3 Å². The van der Waals surface area contributed by atoms with Gasteiger partial charge in [-0.15, -0.1) is 0 Å². The molecule has 0 fully saturated rings. The third-order valence-electron chi connectivity index (χ3n) is 1.49. The molecule has 0 aliphatic rings. The Morgan fingerprint density at radius 2 is 2.45 bits per heavy atom. The van der Waals surface area contributed by atoms with Gasteiger partial charge in [-0.3, -0.25) is 4.68 Å². The third-order valence-corrected chi connectivity index (χ3v) is 1.49. The standard InChI is InChI=1S/C8H9N3/c1-7-6-10-11(2)8(7)4-3-5-9/h3-4,6H,1-2H3/b4-3+. The number of aryl methyl sites for hydroxylation is 2. The molecular weight excluding hydrogens is 138 g/mol. The molecule has 0 unspecified atom stereocenters. The van der Waals surface area contributed by atoms with Crippen molar-refractivity contribution in [2.24, 2.45) is 7.05 Å². The van der Waals surface area contributed by atoms with Gasteiger partial charge in [0.05, 0.1) is 18.0 Å². The van der Waals surface area contributed by atoms with Crippen molar-refractivity contribution < 1.29 is 0 Å². The van der Waals surface area contributed by atoms with E-state index in [1.807, 2.05) is 20.0 Å². The van der Waals surface area contributed by atoms with Crippen molar-refractivity contribution in [3.05, 3.63) is 23.5 Å². The molecular formula is C8H9N3. The summed E-state index contributed by atoms with van der Waals surface area (Å²) in [5, 5.41) is 12.3. The first-order valence-electron chi connectivity index (χ1n) is 3.30. The Hall–Kier alpha value is -1.56. The van der Waals surface area contributed by atoms with E-state index in [1.54, 1.807) is 17.0 Å². The molecule has 0 bridgehead atoms. The topological polar surface area (TPSA) is 41.6 Å².